The van der Waals surface area contributed by atoms with Gasteiger partial charge in [-0.2, -0.15) is 0 Å². The van der Waals surface area contributed by atoms with Crippen molar-refractivity contribution in [2.45, 2.75) is 39.3 Å². The van der Waals surface area contributed by atoms with E-state index in [-0.39, 0.29) is 18.4 Å². The van der Waals surface area contributed by atoms with Gasteiger partial charge in [0, 0.05) is 24.6 Å². The molecule has 0 spiro atoms. The van der Waals surface area contributed by atoms with E-state index in [0.29, 0.717) is 24.6 Å². The molecule has 0 atom stereocenters. The Hall–Kier alpha value is -2.47. The monoisotopic (exact) mass is 326 g/mol. The average molecular weight is 326 g/mol. The number of aliphatic hydroxyl groups excluding tert-OH is 1. The molecule has 2 heterocycles. The lowest BCUT2D eigenvalue weighted by molar-refractivity contribution is 0.0940. The first-order chi connectivity index (χ1) is 11.6. The molecule has 0 fully saturated rings. The summed E-state index contributed by atoms with van der Waals surface area (Å²) in [6.07, 6.45) is 0.721. The summed E-state index contributed by atoms with van der Waals surface area (Å²) in [5.74, 6) is 1.40. The number of nitrogens with one attached hydrogen (secondary N) is 2. The van der Waals surface area contributed by atoms with Crippen LogP contribution in [0, 0.1) is 0 Å². The van der Waals surface area contributed by atoms with Crippen molar-refractivity contribution in [1.82, 2.24) is 15.3 Å². The molecule has 1 aromatic carbocycles. The largest absolute Gasteiger partial charge is 0.392 e. The SMILES string of the molecule is CC(C)c1nc(NCc2cccc(CO)c2)c2c(n1)C(=O)NCC2. The second kappa shape index (κ2) is 6.97. The number of rotatable bonds is 5. The van der Waals surface area contributed by atoms with E-state index in [1.165, 1.54) is 0 Å². The highest BCUT2D eigenvalue weighted by Gasteiger charge is 2.24. The third kappa shape index (κ3) is 3.38. The maximum absolute atomic E-state index is 12.1. The Kier molecular flexibility index (Phi) is 4.76. The van der Waals surface area contributed by atoms with Crippen LogP contribution >= 0.6 is 0 Å². The zero-order chi connectivity index (χ0) is 17.1. The predicted molar refractivity (Wildman–Crippen MR) is 91.8 cm³/mol. The Morgan fingerprint density at radius 3 is 2.83 bits per heavy atom. The molecule has 0 radical (unpaired) electrons. The minimum atomic E-state index is -0.133. The number of hydrogen-bond acceptors (Lipinski definition) is 5. The molecule has 0 aliphatic carbocycles. The number of amides is 1. The second-order valence-electron chi connectivity index (χ2n) is 6.25. The van der Waals surface area contributed by atoms with Crippen molar-refractivity contribution in [2.75, 3.05) is 11.9 Å². The van der Waals surface area contributed by atoms with Crippen LogP contribution < -0.4 is 10.6 Å². The molecular weight excluding hydrogens is 304 g/mol. The predicted octanol–water partition coefficient (Wildman–Crippen LogP) is 1.99. The third-order valence-corrected chi connectivity index (χ3v) is 4.05. The summed E-state index contributed by atoms with van der Waals surface area (Å²) < 4.78 is 0. The molecule has 1 amide bonds. The summed E-state index contributed by atoms with van der Waals surface area (Å²) in [6.45, 7) is 5.23. The Balaban J connectivity index is 1.90. The van der Waals surface area contributed by atoms with Gasteiger partial charge in [-0.05, 0) is 17.5 Å². The van der Waals surface area contributed by atoms with Crippen molar-refractivity contribution in [1.29, 1.82) is 0 Å². The fourth-order valence-corrected chi connectivity index (χ4v) is 2.74. The van der Waals surface area contributed by atoms with E-state index in [2.05, 4.69) is 20.6 Å². The summed E-state index contributed by atoms with van der Waals surface area (Å²) in [4.78, 5) is 21.2. The van der Waals surface area contributed by atoms with Gasteiger partial charge in [0.05, 0.1) is 6.61 Å². The van der Waals surface area contributed by atoms with Crippen LogP contribution in [-0.2, 0) is 19.6 Å². The fourth-order valence-electron chi connectivity index (χ4n) is 2.74. The first-order valence-electron chi connectivity index (χ1n) is 8.20. The fraction of sp³-hybridized carbons (Fsp3) is 0.389. The lowest BCUT2D eigenvalue weighted by Crippen LogP contribution is -2.34. The van der Waals surface area contributed by atoms with Gasteiger partial charge in [0.2, 0.25) is 0 Å². The lowest BCUT2D eigenvalue weighted by Gasteiger charge is -2.21. The van der Waals surface area contributed by atoms with Gasteiger partial charge in [-0.15, -0.1) is 0 Å². The van der Waals surface area contributed by atoms with E-state index in [1.54, 1.807) is 0 Å². The molecule has 0 bridgehead atoms. The van der Waals surface area contributed by atoms with Gasteiger partial charge in [0.1, 0.15) is 17.3 Å². The summed E-state index contributed by atoms with van der Waals surface area (Å²) in [5, 5.41) is 15.4. The first kappa shape index (κ1) is 16.4. The van der Waals surface area contributed by atoms with E-state index >= 15 is 0 Å². The maximum atomic E-state index is 12.1. The number of carbonyl (C=O) groups excluding carboxylic acids is 1. The minimum absolute atomic E-state index is 0.0222. The molecule has 3 rings (SSSR count). The van der Waals surface area contributed by atoms with Crippen LogP contribution in [0.15, 0.2) is 24.3 Å². The number of fused-ring (bicyclic) bond motifs is 1. The van der Waals surface area contributed by atoms with Gasteiger partial charge >= 0.3 is 0 Å². The number of benzene rings is 1. The van der Waals surface area contributed by atoms with Crippen LogP contribution in [0.4, 0.5) is 5.82 Å². The third-order valence-electron chi connectivity index (χ3n) is 4.05. The normalized spacial score (nSPS) is 13.6. The summed E-state index contributed by atoms with van der Waals surface area (Å²) in [6, 6.07) is 7.76. The topological polar surface area (TPSA) is 87.1 Å². The summed E-state index contributed by atoms with van der Waals surface area (Å²) in [7, 11) is 0. The molecular formula is C18H22N4O2. The number of nitrogens with zero attached hydrogens (tertiary/aromatic N) is 2. The molecule has 3 N–H and O–H groups in total. The van der Waals surface area contributed by atoms with Crippen LogP contribution in [0.3, 0.4) is 0 Å². The number of aliphatic hydroxyl groups is 1. The molecule has 2 aromatic rings. The van der Waals surface area contributed by atoms with Gasteiger partial charge in [-0.3, -0.25) is 4.79 Å². The van der Waals surface area contributed by atoms with Crippen LogP contribution in [0.25, 0.3) is 0 Å². The molecule has 1 aliphatic rings. The van der Waals surface area contributed by atoms with E-state index < -0.39 is 0 Å². The van der Waals surface area contributed by atoms with Crippen molar-refractivity contribution in [2.24, 2.45) is 0 Å². The summed E-state index contributed by atoms with van der Waals surface area (Å²) in [5.41, 5.74) is 3.29. The van der Waals surface area contributed by atoms with Gasteiger partial charge in [0.15, 0.2) is 0 Å². The molecule has 24 heavy (non-hydrogen) atoms. The quantitative estimate of drug-likeness (QED) is 0.782. The van der Waals surface area contributed by atoms with E-state index in [4.69, 9.17) is 0 Å². The van der Waals surface area contributed by atoms with Crippen molar-refractivity contribution < 1.29 is 9.90 Å². The van der Waals surface area contributed by atoms with Crippen LogP contribution in [0.1, 0.15) is 52.8 Å². The Labute approximate surface area is 141 Å². The molecule has 1 aliphatic heterocycles. The van der Waals surface area contributed by atoms with Crippen LogP contribution in [0.5, 0.6) is 0 Å². The highest BCUT2D eigenvalue weighted by atomic mass is 16.3. The highest BCUT2D eigenvalue weighted by Crippen LogP contribution is 2.23. The Morgan fingerprint density at radius 1 is 1.29 bits per heavy atom. The Bertz CT molecular complexity index is 759. The van der Waals surface area contributed by atoms with Crippen molar-refractivity contribution in [3.05, 3.63) is 52.5 Å². The molecule has 6 heteroatoms. The van der Waals surface area contributed by atoms with E-state index in [1.807, 2.05) is 38.1 Å². The molecule has 126 valence electrons. The Morgan fingerprint density at radius 2 is 2.08 bits per heavy atom. The van der Waals surface area contributed by atoms with Crippen LogP contribution in [0.2, 0.25) is 0 Å². The zero-order valence-corrected chi connectivity index (χ0v) is 14.0. The number of anilines is 1. The number of hydrogen-bond donors (Lipinski definition) is 3. The minimum Gasteiger partial charge on any atom is -0.392 e. The molecule has 6 nitrogen and oxygen atoms in total. The summed E-state index contributed by atoms with van der Waals surface area (Å²) >= 11 is 0. The van der Waals surface area contributed by atoms with Gasteiger partial charge in [0.25, 0.3) is 5.91 Å². The molecule has 1 aromatic heterocycles. The van der Waals surface area contributed by atoms with E-state index in [0.717, 1.165) is 28.9 Å². The zero-order valence-electron chi connectivity index (χ0n) is 14.0. The highest BCUT2D eigenvalue weighted by molar-refractivity contribution is 5.96. The van der Waals surface area contributed by atoms with E-state index in [9.17, 15) is 9.90 Å². The average Bonchev–Trinajstić information content (AvgIpc) is 2.60. The standard InChI is InChI=1S/C18H22N4O2/c1-11(2)16-21-15-14(6-7-19-18(15)24)17(22-16)20-9-12-4-3-5-13(8-12)10-23/h3-5,8,11,23H,6-7,9-10H2,1-2H3,(H,19,24)(H,20,21,22). The van der Waals surface area contributed by atoms with Crippen molar-refractivity contribution in [3.8, 4) is 0 Å². The van der Waals surface area contributed by atoms with Gasteiger partial charge < -0.3 is 15.7 Å². The van der Waals surface area contributed by atoms with Crippen molar-refractivity contribution >= 4 is 11.7 Å². The second-order valence-corrected chi connectivity index (χ2v) is 6.25. The van der Waals surface area contributed by atoms with Crippen molar-refractivity contribution in [3.63, 3.8) is 0 Å². The smallest absolute Gasteiger partial charge is 0.270 e. The molecule has 0 unspecified atom stereocenters. The lowest BCUT2D eigenvalue weighted by atomic mass is 10.0. The molecule has 0 saturated heterocycles. The van der Waals surface area contributed by atoms with Gasteiger partial charge in [-0.1, -0.05) is 38.1 Å². The maximum Gasteiger partial charge on any atom is 0.270 e. The molecule has 0 saturated carbocycles. The number of carbonyl (C=O) groups is 1. The van der Waals surface area contributed by atoms with Crippen LogP contribution in [-0.4, -0.2) is 27.5 Å². The first-order valence-corrected chi connectivity index (χ1v) is 8.20. The number of aromatic nitrogens is 2. The van der Waals surface area contributed by atoms with Gasteiger partial charge in [-0.25, -0.2) is 9.97 Å².